The first-order valence-corrected chi connectivity index (χ1v) is 19.6. The average Bonchev–Trinajstić information content (AvgIpc) is 3.89. The Morgan fingerprint density at radius 3 is 1.71 bits per heavy atom. The highest BCUT2D eigenvalue weighted by Crippen LogP contribution is 2.27. The van der Waals surface area contributed by atoms with Gasteiger partial charge in [0.15, 0.2) is 23.3 Å². The summed E-state index contributed by atoms with van der Waals surface area (Å²) in [5.41, 5.74) is 3.85. The number of rotatable bonds is 11. The number of fused-ring (bicyclic) bond motifs is 2. The van der Waals surface area contributed by atoms with Crippen molar-refractivity contribution in [2.75, 3.05) is 24.3 Å². The van der Waals surface area contributed by atoms with Crippen molar-refractivity contribution >= 4 is 79.0 Å². The Kier molecular flexibility index (Phi) is 15.4. The number of hydrogen-bond donors (Lipinski definition) is 3. The number of aldehydes is 1. The van der Waals surface area contributed by atoms with Crippen molar-refractivity contribution in [3.8, 4) is 0 Å². The van der Waals surface area contributed by atoms with Gasteiger partial charge in [-0.15, -0.1) is 22.7 Å². The van der Waals surface area contributed by atoms with Gasteiger partial charge in [-0.05, 0) is 85.1 Å². The summed E-state index contributed by atoms with van der Waals surface area (Å²) in [7, 11) is 4.07. The zero-order valence-corrected chi connectivity index (χ0v) is 34.0. The minimum Gasteiger partial charge on any atom is -0.378 e. The molecule has 0 fully saturated rings. The van der Waals surface area contributed by atoms with E-state index in [1.165, 1.54) is 17.3 Å². The Balaban J connectivity index is 0.000000241. The number of amides is 3. The normalized spacial score (nSPS) is 11.7. The van der Waals surface area contributed by atoms with E-state index >= 15 is 4.39 Å². The van der Waals surface area contributed by atoms with Crippen LogP contribution in [0.2, 0.25) is 0 Å². The quantitative estimate of drug-likeness (QED) is 0.0511. The predicted octanol–water partition coefficient (Wildman–Crippen LogP) is 9.06. The molecule has 62 heavy (non-hydrogen) atoms. The number of aromatic nitrogens is 2. The van der Waals surface area contributed by atoms with E-state index in [9.17, 15) is 49.9 Å². The molecule has 0 aliphatic rings. The number of nitrogens with one attached hydrogen (secondary N) is 3. The zero-order chi connectivity index (χ0) is 45.2. The van der Waals surface area contributed by atoms with Gasteiger partial charge in [0.2, 0.25) is 6.41 Å². The summed E-state index contributed by atoms with van der Waals surface area (Å²) in [6.45, 7) is 1.17. The summed E-state index contributed by atoms with van der Waals surface area (Å²) in [6, 6.07) is 13.3. The lowest BCUT2D eigenvalue weighted by atomic mass is 10.0. The zero-order valence-electron chi connectivity index (χ0n) is 32.4. The van der Waals surface area contributed by atoms with E-state index in [0.717, 1.165) is 45.7 Å². The van der Waals surface area contributed by atoms with E-state index in [4.69, 9.17) is 0 Å². The topological polar surface area (TPSA) is 133 Å². The van der Waals surface area contributed by atoms with Crippen LogP contribution in [0.4, 0.5) is 46.5 Å². The number of nitrogens with zero attached hydrogens (tertiary/aromatic N) is 3. The van der Waals surface area contributed by atoms with Crippen molar-refractivity contribution in [1.82, 2.24) is 20.6 Å². The van der Waals surface area contributed by atoms with E-state index in [0.29, 0.717) is 18.5 Å². The lowest BCUT2D eigenvalue weighted by molar-refractivity contribution is -0.109. The first kappa shape index (κ1) is 46.3. The van der Waals surface area contributed by atoms with E-state index in [2.05, 4.69) is 38.4 Å². The Labute approximate surface area is 355 Å². The number of benzene rings is 5. The molecule has 10 nitrogen and oxygen atoms in total. The van der Waals surface area contributed by atoms with E-state index < -0.39 is 88.0 Å². The molecule has 2 atom stereocenters. The van der Waals surface area contributed by atoms with Gasteiger partial charge >= 0.3 is 0 Å². The third kappa shape index (κ3) is 11.5. The Morgan fingerprint density at radius 1 is 0.661 bits per heavy atom. The number of halogens is 8. The Bertz CT molecular complexity index is 2730. The van der Waals surface area contributed by atoms with Crippen LogP contribution >= 0.6 is 22.7 Å². The number of carbonyl (C=O) groups is 4. The van der Waals surface area contributed by atoms with Gasteiger partial charge in [-0.2, -0.15) is 0 Å². The first-order valence-electron chi connectivity index (χ1n) is 17.9. The largest absolute Gasteiger partial charge is 0.378 e. The minimum atomic E-state index is -2.40. The minimum absolute atomic E-state index is 0.0593. The van der Waals surface area contributed by atoms with Gasteiger partial charge in [0.25, 0.3) is 11.8 Å². The molecule has 3 amide bonds. The lowest BCUT2D eigenvalue weighted by Crippen LogP contribution is -2.39. The van der Waals surface area contributed by atoms with Crippen LogP contribution in [0.15, 0.2) is 83.8 Å². The maximum Gasteiger partial charge on any atom is 0.257 e. The van der Waals surface area contributed by atoms with Gasteiger partial charge in [0, 0.05) is 37.6 Å². The maximum absolute atomic E-state index is 15.1. The second-order valence-electron chi connectivity index (χ2n) is 13.3. The molecule has 5 aromatic carbocycles. The van der Waals surface area contributed by atoms with Crippen LogP contribution in [0.1, 0.15) is 44.8 Å². The summed E-state index contributed by atoms with van der Waals surface area (Å²) in [6.07, 6.45) is 0.170. The molecule has 322 valence electrons. The highest BCUT2D eigenvalue weighted by atomic mass is 32.1. The molecule has 3 N–H and O–H groups in total. The fourth-order valence-corrected chi connectivity index (χ4v) is 7.02. The van der Waals surface area contributed by atoms with Crippen LogP contribution in [0.25, 0.3) is 20.4 Å². The molecule has 0 bridgehead atoms. The summed E-state index contributed by atoms with van der Waals surface area (Å²) in [4.78, 5) is 57.0. The SMILES string of the molecule is CC(NC(=O)c1c(F)c(F)c(F)c(C(=O)N[C@H](C=O)Cc2cc(F)cc(F)c2)c1F)c1cc(F)cc(F)c1.CN(C)c1ccc2scnc2c1.O=CNc1ccc2scnc2c1. The van der Waals surface area contributed by atoms with Crippen molar-refractivity contribution in [2.45, 2.75) is 25.4 Å². The number of thiazole rings is 2. The van der Waals surface area contributed by atoms with Gasteiger partial charge in [0.1, 0.15) is 40.7 Å². The fourth-order valence-electron chi connectivity index (χ4n) is 5.71. The van der Waals surface area contributed by atoms with E-state index in [1.54, 1.807) is 28.2 Å². The van der Waals surface area contributed by atoms with Crippen LogP contribution in [-0.4, -0.2) is 54.6 Å². The highest BCUT2D eigenvalue weighted by molar-refractivity contribution is 7.17. The van der Waals surface area contributed by atoms with E-state index in [1.807, 2.05) is 48.4 Å². The summed E-state index contributed by atoms with van der Waals surface area (Å²) in [5.74, 6) is -16.7. The van der Waals surface area contributed by atoms with Crippen LogP contribution in [0.5, 0.6) is 0 Å². The monoisotopic (exact) mass is 900 g/mol. The van der Waals surface area contributed by atoms with Crippen LogP contribution in [0.3, 0.4) is 0 Å². The van der Waals surface area contributed by atoms with Crippen molar-refractivity contribution < 1.29 is 54.3 Å². The second-order valence-corrected chi connectivity index (χ2v) is 15.1. The molecule has 1 unspecified atom stereocenters. The van der Waals surface area contributed by atoms with Gasteiger partial charge in [-0.1, -0.05) is 0 Å². The Morgan fingerprint density at radius 2 is 1.18 bits per heavy atom. The van der Waals surface area contributed by atoms with Crippen LogP contribution in [-0.2, 0) is 16.0 Å². The average molecular weight is 901 g/mol. The molecule has 7 aromatic rings. The molecule has 0 radical (unpaired) electrons. The maximum atomic E-state index is 15.1. The summed E-state index contributed by atoms with van der Waals surface area (Å²) >= 11 is 3.26. The van der Waals surface area contributed by atoms with Crippen molar-refractivity contribution in [1.29, 1.82) is 0 Å². The molecule has 2 aromatic heterocycles. The van der Waals surface area contributed by atoms with Gasteiger partial charge in [0.05, 0.1) is 43.5 Å². The fraction of sp³-hybridized carbons (Fsp3) is 0.143. The smallest absolute Gasteiger partial charge is 0.257 e. The standard InChI is InChI=1S/C25H16F8N2O3.C9H10N2S.C8H6N2OS/c1-10(12-5-15(28)8-16(29)6-12)34-24(37)18-20(30)19(22(32)23(33)21(18)31)25(38)35-17(9-36)4-11-2-13(26)7-14(27)3-11;1-11(2)7-3-4-9-8(5-7)10-6-12-9;11-4-9-6-1-2-8-7(3-6)10-5-12-8/h2-3,5-10,17H,4H2,1H3,(H,34,37)(H,35,38);3-6H,1-2H3;1-5H,(H,9,11)/t10?,17-;;/m0../s1. The van der Waals surface area contributed by atoms with Gasteiger partial charge in [-0.3, -0.25) is 14.4 Å². The van der Waals surface area contributed by atoms with Crippen molar-refractivity contribution in [3.63, 3.8) is 0 Å². The van der Waals surface area contributed by atoms with Crippen molar-refractivity contribution in [3.05, 3.63) is 153 Å². The second kappa shape index (κ2) is 20.6. The number of hydrogen-bond acceptors (Lipinski definition) is 9. The van der Waals surface area contributed by atoms with Crippen molar-refractivity contribution in [2.24, 2.45) is 0 Å². The van der Waals surface area contributed by atoms with Crippen LogP contribution in [0, 0.1) is 46.5 Å². The van der Waals surface area contributed by atoms with E-state index in [-0.39, 0.29) is 17.4 Å². The lowest BCUT2D eigenvalue weighted by Gasteiger charge is -2.18. The molecule has 2 heterocycles. The molecule has 7 rings (SSSR count). The number of carbonyl (C=O) groups excluding carboxylic acids is 4. The molecular weight excluding hydrogens is 869 g/mol. The molecular formula is C42H32F8N6O4S2. The first-order chi connectivity index (χ1) is 29.5. The predicted molar refractivity (Wildman–Crippen MR) is 219 cm³/mol. The molecule has 0 spiro atoms. The molecule has 20 heteroatoms. The highest BCUT2D eigenvalue weighted by Gasteiger charge is 2.34. The van der Waals surface area contributed by atoms with Crippen LogP contribution < -0.4 is 20.9 Å². The third-order valence-electron chi connectivity index (χ3n) is 8.70. The molecule has 0 saturated carbocycles. The Hall–Kier alpha value is -6.80. The third-order valence-corrected chi connectivity index (χ3v) is 10.3. The molecule has 0 aliphatic heterocycles. The van der Waals surface area contributed by atoms with Gasteiger partial charge in [-0.25, -0.2) is 45.1 Å². The molecule has 0 aliphatic carbocycles. The summed E-state index contributed by atoms with van der Waals surface area (Å²) < 4.78 is 114. The number of anilines is 2. The molecule has 0 saturated heterocycles. The summed E-state index contributed by atoms with van der Waals surface area (Å²) in [5, 5.41) is 6.34. The van der Waals surface area contributed by atoms with Gasteiger partial charge < -0.3 is 25.6 Å².